The number of ether oxygens (including phenoxy) is 4. The summed E-state index contributed by atoms with van der Waals surface area (Å²) in [6.45, 7) is 0.556. The number of hydrogen-bond acceptors (Lipinski definition) is 10. The molecule has 2 aromatic carbocycles. The van der Waals surface area contributed by atoms with Crippen LogP contribution in [0.3, 0.4) is 0 Å². The molecule has 7 rings (SSSR count). The lowest BCUT2D eigenvalue weighted by Gasteiger charge is -2.49. The van der Waals surface area contributed by atoms with Crippen molar-refractivity contribution in [1.29, 1.82) is 5.41 Å². The average Bonchev–Trinajstić information content (AvgIpc) is 3.47. The van der Waals surface area contributed by atoms with Gasteiger partial charge in [-0.05, 0) is 75.0 Å². The van der Waals surface area contributed by atoms with Gasteiger partial charge in [0.15, 0.2) is 17.3 Å². The van der Waals surface area contributed by atoms with Crippen LogP contribution >= 0.6 is 0 Å². The van der Waals surface area contributed by atoms with E-state index in [1.54, 1.807) is 24.4 Å². The Bertz CT molecular complexity index is 1680. The predicted molar refractivity (Wildman–Crippen MR) is 159 cm³/mol. The Balaban J connectivity index is 1.31. The minimum Gasteiger partial charge on any atom is -0.504 e. The second kappa shape index (κ2) is 12.0. The summed E-state index contributed by atoms with van der Waals surface area (Å²) in [5.41, 5.74) is 5.71. The number of methoxy groups -OCH3 is 1. The summed E-state index contributed by atoms with van der Waals surface area (Å²) in [5.74, 6) is -4.14. The molecule has 3 aromatic rings. The molecule has 4 N–H and O–H groups in total. The zero-order valence-corrected chi connectivity index (χ0v) is 24.8. The van der Waals surface area contributed by atoms with Crippen molar-refractivity contribution >= 4 is 18.0 Å². The van der Waals surface area contributed by atoms with E-state index < -0.39 is 35.0 Å². The van der Waals surface area contributed by atoms with E-state index in [2.05, 4.69) is 9.98 Å². The highest BCUT2D eigenvalue weighted by molar-refractivity contribution is 5.95. The van der Waals surface area contributed by atoms with E-state index in [0.29, 0.717) is 24.3 Å². The maximum atomic E-state index is 15.7. The first-order valence-corrected chi connectivity index (χ1v) is 14.6. The second-order valence-corrected chi connectivity index (χ2v) is 11.7. The number of nitrogens with zero attached hydrogens (tertiary/aromatic N) is 3. The third kappa shape index (κ3) is 5.87. The van der Waals surface area contributed by atoms with Crippen LogP contribution in [0.1, 0.15) is 49.4 Å². The summed E-state index contributed by atoms with van der Waals surface area (Å²) >= 11 is 0. The van der Waals surface area contributed by atoms with Crippen molar-refractivity contribution in [3.05, 3.63) is 65.4 Å². The third-order valence-corrected chi connectivity index (χ3v) is 8.82. The predicted octanol–water partition coefficient (Wildman–Crippen LogP) is 5.45. The molecule has 1 aromatic heterocycles. The minimum atomic E-state index is -1.25. The summed E-state index contributed by atoms with van der Waals surface area (Å²) in [6, 6.07) is 8.84. The maximum absolute atomic E-state index is 15.7. The van der Waals surface area contributed by atoms with Gasteiger partial charge >= 0.3 is 5.97 Å². The molecular weight excluding hydrogens is 588 g/mol. The van der Waals surface area contributed by atoms with Gasteiger partial charge in [-0.2, -0.15) is 4.39 Å². The molecule has 0 radical (unpaired) electrons. The molecule has 0 spiro atoms. The van der Waals surface area contributed by atoms with Gasteiger partial charge in [0.1, 0.15) is 29.1 Å². The van der Waals surface area contributed by atoms with Gasteiger partial charge in [-0.3, -0.25) is 20.1 Å². The van der Waals surface area contributed by atoms with E-state index in [-0.39, 0.29) is 46.5 Å². The first-order valence-electron chi connectivity index (χ1n) is 14.6. The van der Waals surface area contributed by atoms with Crippen LogP contribution in [-0.2, 0) is 9.53 Å². The molecular formula is C32H33F2N5O6. The maximum Gasteiger partial charge on any atom is 0.309 e. The molecule has 2 heterocycles. The zero-order valence-electron chi connectivity index (χ0n) is 24.8. The van der Waals surface area contributed by atoms with Gasteiger partial charge in [0, 0.05) is 30.3 Å². The van der Waals surface area contributed by atoms with E-state index in [1.807, 2.05) is 11.9 Å². The highest BCUT2D eigenvalue weighted by Crippen LogP contribution is 2.51. The number of carbonyl (C=O) groups excluding carboxylic acids is 1. The standard InChI is InChI=1S/C32H33F2N5O6/c1-39-12-11-37-29(39)20-14-19(45-32-9-7-17(8-10-32)21(15-32)31(41)42-2)4-6-24(20)43-27-22(33)16-38-30(26(27)34)44-25-13-18(28(35)36)3-5-23(25)40/h3-6,11,13-14,16-17,21,29,40H,7-10,12,15H2,1-2H3,(H3,35,36). The average molecular weight is 622 g/mol. The molecule has 45 heavy (non-hydrogen) atoms. The number of pyridine rings is 1. The number of nitrogens with one attached hydrogen (secondary N) is 1. The van der Waals surface area contributed by atoms with Gasteiger partial charge in [-0.1, -0.05) is 0 Å². The zero-order chi connectivity index (χ0) is 31.9. The van der Waals surface area contributed by atoms with Gasteiger partial charge in [0.25, 0.3) is 5.88 Å². The van der Waals surface area contributed by atoms with Crippen molar-refractivity contribution < 1.29 is 37.6 Å². The number of phenols is 1. The largest absolute Gasteiger partial charge is 0.504 e. The number of rotatable bonds is 9. The number of fused-ring (bicyclic) bond motifs is 3. The molecule has 236 valence electrons. The van der Waals surface area contributed by atoms with Crippen LogP contribution < -0.4 is 19.9 Å². The first kappa shape index (κ1) is 30.3. The number of aromatic hydroxyl groups is 1. The molecule has 1 aliphatic heterocycles. The van der Waals surface area contributed by atoms with Crippen molar-refractivity contribution in [2.75, 3.05) is 20.7 Å². The van der Waals surface area contributed by atoms with Crippen molar-refractivity contribution in [2.45, 2.75) is 43.9 Å². The number of phenolic OH excluding ortho intramolecular Hbond substituents is 1. The Morgan fingerprint density at radius 1 is 1.13 bits per heavy atom. The lowest BCUT2D eigenvalue weighted by Crippen LogP contribution is -2.51. The Morgan fingerprint density at radius 3 is 2.60 bits per heavy atom. The van der Waals surface area contributed by atoms with E-state index in [1.165, 1.54) is 25.3 Å². The summed E-state index contributed by atoms with van der Waals surface area (Å²) in [4.78, 5) is 22.6. The second-order valence-electron chi connectivity index (χ2n) is 11.7. The van der Waals surface area contributed by atoms with E-state index in [4.69, 9.17) is 30.1 Å². The Morgan fingerprint density at radius 2 is 1.91 bits per heavy atom. The normalized spacial score (nSPS) is 24.0. The van der Waals surface area contributed by atoms with Gasteiger partial charge < -0.3 is 29.8 Å². The summed E-state index contributed by atoms with van der Waals surface area (Å²) in [5, 5.41) is 17.8. The van der Waals surface area contributed by atoms with Crippen LogP contribution in [0.25, 0.3) is 0 Å². The molecule has 11 nitrogen and oxygen atoms in total. The molecule has 2 atom stereocenters. The van der Waals surface area contributed by atoms with E-state index >= 15 is 8.78 Å². The molecule has 0 amide bonds. The highest BCUT2D eigenvalue weighted by Gasteiger charge is 2.50. The quantitative estimate of drug-likeness (QED) is 0.161. The number of amidine groups is 1. The smallest absolute Gasteiger partial charge is 0.309 e. The number of nitrogens with two attached hydrogens (primary N) is 1. The number of halogens is 2. The number of carbonyl (C=O) groups is 1. The van der Waals surface area contributed by atoms with Gasteiger partial charge in [-0.25, -0.2) is 9.37 Å². The fraction of sp³-hybridized carbons (Fsp3) is 0.375. The van der Waals surface area contributed by atoms with Gasteiger partial charge in [0.05, 0.1) is 19.2 Å². The van der Waals surface area contributed by atoms with Crippen LogP contribution in [-0.4, -0.2) is 59.3 Å². The van der Waals surface area contributed by atoms with Crippen molar-refractivity contribution in [3.8, 4) is 34.6 Å². The summed E-state index contributed by atoms with van der Waals surface area (Å²) < 4.78 is 53.7. The molecule has 3 saturated carbocycles. The van der Waals surface area contributed by atoms with Crippen molar-refractivity contribution in [1.82, 2.24) is 9.88 Å². The van der Waals surface area contributed by atoms with Gasteiger partial charge in [0.2, 0.25) is 11.6 Å². The van der Waals surface area contributed by atoms with Crippen LogP contribution in [0, 0.1) is 28.9 Å². The SMILES string of the molecule is COC(=O)C1CC2(Oc3ccc(Oc4c(F)cnc(Oc5cc(C(=N)N)ccc5O)c4F)c(C4N=CCN4C)c3)CCC1CC2. The minimum absolute atomic E-state index is 0.131. The first-order chi connectivity index (χ1) is 21.6. The van der Waals surface area contributed by atoms with Crippen LogP contribution in [0.4, 0.5) is 8.78 Å². The monoisotopic (exact) mass is 621 g/mol. The molecule has 13 heteroatoms. The van der Waals surface area contributed by atoms with E-state index in [0.717, 1.165) is 31.9 Å². The number of esters is 1. The topological polar surface area (TPSA) is 153 Å². The van der Waals surface area contributed by atoms with Crippen molar-refractivity contribution in [2.24, 2.45) is 22.6 Å². The number of nitrogen functional groups attached to an aromatic ring is 1. The number of aliphatic imine (C=N–C) groups is 1. The highest BCUT2D eigenvalue weighted by atomic mass is 19.1. The fourth-order valence-electron chi connectivity index (χ4n) is 6.43. The molecule has 2 bridgehead atoms. The van der Waals surface area contributed by atoms with Gasteiger partial charge in [-0.15, -0.1) is 0 Å². The number of hydrogen-bond donors (Lipinski definition) is 3. The lowest BCUT2D eigenvalue weighted by molar-refractivity contribution is -0.158. The molecule has 3 aliphatic carbocycles. The van der Waals surface area contributed by atoms with Crippen molar-refractivity contribution in [3.63, 3.8) is 0 Å². The molecule has 4 aliphatic rings. The summed E-state index contributed by atoms with van der Waals surface area (Å²) in [7, 11) is 3.26. The van der Waals surface area contributed by atoms with Crippen LogP contribution in [0.15, 0.2) is 47.6 Å². The Labute approximate surface area is 258 Å². The third-order valence-electron chi connectivity index (χ3n) is 8.82. The molecule has 2 unspecified atom stereocenters. The van der Waals surface area contributed by atoms with E-state index in [9.17, 15) is 9.90 Å². The number of aromatic nitrogens is 1. The number of benzene rings is 2. The summed E-state index contributed by atoms with van der Waals surface area (Å²) in [6.07, 6.45) is 5.87. The fourth-order valence-corrected chi connectivity index (χ4v) is 6.43. The Hall–Kier alpha value is -4.78. The van der Waals surface area contributed by atoms with Crippen LogP contribution in [0.5, 0.6) is 34.6 Å². The molecule has 0 saturated heterocycles. The lowest BCUT2D eigenvalue weighted by atomic mass is 9.62. The molecule has 3 fully saturated rings. The Kier molecular flexibility index (Phi) is 8.04. The van der Waals surface area contributed by atoms with Crippen LogP contribution in [0.2, 0.25) is 0 Å².